The molecule has 1 saturated heterocycles. The van der Waals surface area contributed by atoms with Gasteiger partial charge in [0.1, 0.15) is 25.0 Å². The van der Waals surface area contributed by atoms with Gasteiger partial charge in [0.05, 0.1) is 13.1 Å². The second kappa shape index (κ2) is 10.1. The van der Waals surface area contributed by atoms with Crippen molar-refractivity contribution in [2.75, 3.05) is 26.2 Å². The average molecular weight is 482 g/mol. The van der Waals surface area contributed by atoms with E-state index in [1.165, 1.54) is 21.7 Å². The first-order valence-electron chi connectivity index (χ1n) is 13.5. The van der Waals surface area contributed by atoms with Crippen molar-refractivity contribution in [1.29, 1.82) is 0 Å². The predicted octanol–water partition coefficient (Wildman–Crippen LogP) is 3.67. The standard InChI is InChI=1S/C30H44N2O3/c1-7-29(3,4)23-12-13-27(25(15-23)30(5,6)8-2)35-20-24(33)19-31-16-21-14-22(18-31)26-10-9-11-28(34)32(26)17-21/h9-13,15,21-22,24,33H,7-8,14,16-20H2,1-6H3/p+1/t21-,22+,24?/m1/s1. The minimum atomic E-state index is -0.522. The van der Waals surface area contributed by atoms with Gasteiger partial charge in [-0.2, -0.15) is 0 Å². The largest absolute Gasteiger partial charge is 0.490 e. The molecular weight excluding hydrogens is 436 g/mol. The van der Waals surface area contributed by atoms with Crippen LogP contribution in [0, 0.1) is 5.92 Å². The van der Waals surface area contributed by atoms with Crippen molar-refractivity contribution in [1.82, 2.24) is 4.57 Å². The van der Waals surface area contributed by atoms with Crippen LogP contribution in [0.5, 0.6) is 5.75 Å². The number of nitrogens with zero attached hydrogens (tertiary/aromatic N) is 1. The third-order valence-corrected chi connectivity index (χ3v) is 8.89. The smallest absolute Gasteiger partial charge is 0.250 e. The Kier molecular flexibility index (Phi) is 7.49. The summed E-state index contributed by atoms with van der Waals surface area (Å²) in [7, 11) is 0. The molecule has 2 bridgehead atoms. The Bertz CT molecular complexity index is 1090. The van der Waals surface area contributed by atoms with Crippen LogP contribution in [0.2, 0.25) is 0 Å². The van der Waals surface area contributed by atoms with Crippen LogP contribution in [0.1, 0.15) is 83.5 Å². The number of piperidine rings is 1. The Morgan fingerprint density at radius 1 is 1.09 bits per heavy atom. The Labute approximate surface area is 211 Å². The van der Waals surface area contributed by atoms with E-state index < -0.39 is 6.10 Å². The van der Waals surface area contributed by atoms with E-state index in [0.717, 1.165) is 44.6 Å². The lowest BCUT2D eigenvalue weighted by Crippen LogP contribution is -3.15. The molecule has 1 fully saturated rings. The summed E-state index contributed by atoms with van der Waals surface area (Å²) >= 11 is 0. The molecule has 1 aromatic heterocycles. The summed E-state index contributed by atoms with van der Waals surface area (Å²) in [6.07, 6.45) is 2.73. The van der Waals surface area contributed by atoms with Crippen LogP contribution < -0.4 is 15.2 Å². The number of aliphatic hydroxyl groups excluding tert-OH is 1. The van der Waals surface area contributed by atoms with Crippen molar-refractivity contribution in [2.45, 2.75) is 90.2 Å². The number of nitrogens with one attached hydrogen (secondary N) is 1. The number of benzene rings is 1. The Hall–Kier alpha value is -2.11. The molecule has 0 aliphatic carbocycles. The number of hydrogen-bond acceptors (Lipinski definition) is 3. The maximum atomic E-state index is 12.3. The topological polar surface area (TPSA) is 55.9 Å². The highest BCUT2D eigenvalue weighted by Crippen LogP contribution is 2.38. The SMILES string of the molecule is CCC(C)(C)c1ccc(OCC(O)C[NH+]2C[C@H]3C[C@@H](C2)c2cccc(=O)n2C3)c(C(C)(C)CC)c1. The van der Waals surface area contributed by atoms with Crippen LogP contribution in [-0.4, -0.2) is 42.0 Å². The van der Waals surface area contributed by atoms with E-state index in [9.17, 15) is 9.90 Å². The van der Waals surface area contributed by atoms with Crippen molar-refractivity contribution in [3.63, 3.8) is 0 Å². The number of fused-ring (bicyclic) bond motifs is 4. The first-order valence-corrected chi connectivity index (χ1v) is 13.5. The summed E-state index contributed by atoms with van der Waals surface area (Å²) in [5.74, 6) is 1.78. The fourth-order valence-electron chi connectivity index (χ4n) is 5.86. The first-order chi connectivity index (χ1) is 16.5. The molecule has 2 aliphatic rings. The van der Waals surface area contributed by atoms with E-state index in [0.29, 0.717) is 25.0 Å². The third-order valence-electron chi connectivity index (χ3n) is 8.89. The molecule has 5 heteroatoms. The number of hydrogen-bond donors (Lipinski definition) is 2. The molecule has 0 spiro atoms. The van der Waals surface area contributed by atoms with Crippen LogP contribution >= 0.6 is 0 Å². The van der Waals surface area contributed by atoms with Crippen LogP contribution in [-0.2, 0) is 17.4 Å². The van der Waals surface area contributed by atoms with Gasteiger partial charge in [-0.25, -0.2) is 0 Å². The Balaban J connectivity index is 1.43. The van der Waals surface area contributed by atoms with Crippen LogP contribution in [0.15, 0.2) is 41.2 Å². The van der Waals surface area contributed by atoms with E-state index in [1.54, 1.807) is 6.07 Å². The van der Waals surface area contributed by atoms with Crippen molar-refractivity contribution in [3.05, 3.63) is 63.6 Å². The van der Waals surface area contributed by atoms with Crippen molar-refractivity contribution < 1.29 is 14.7 Å². The fourth-order valence-corrected chi connectivity index (χ4v) is 5.86. The number of ether oxygens (including phenoxy) is 1. The summed E-state index contributed by atoms with van der Waals surface area (Å²) in [4.78, 5) is 13.7. The molecule has 1 aromatic carbocycles. The lowest BCUT2D eigenvalue weighted by molar-refractivity contribution is -0.914. The van der Waals surface area contributed by atoms with E-state index in [1.807, 2.05) is 10.6 Å². The third kappa shape index (κ3) is 5.51. The molecule has 2 unspecified atom stereocenters. The molecule has 0 saturated carbocycles. The number of aliphatic hydroxyl groups is 1. The quantitative estimate of drug-likeness (QED) is 0.575. The van der Waals surface area contributed by atoms with Crippen molar-refractivity contribution >= 4 is 0 Å². The van der Waals surface area contributed by atoms with Crippen LogP contribution in [0.4, 0.5) is 0 Å². The predicted molar refractivity (Wildman–Crippen MR) is 142 cm³/mol. The molecule has 192 valence electrons. The van der Waals surface area contributed by atoms with Crippen molar-refractivity contribution in [2.24, 2.45) is 5.92 Å². The van der Waals surface area contributed by atoms with Gasteiger partial charge in [-0.05, 0) is 47.8 Å². The fraction of sp³-hybridized carbons (Fsp3) is 0.633. The minimum Gasteiger partial charge on any atom is -0.490 e. The number of pyridine rings is 1. The molecule has 2 aliphatic heterocycles. The summed E-state index contributed by atoms with van der Waals surface area (Å²) in [5.41, 5.74) is 3.98. The molecule has 5 nitrogen and oxygen atoms in total. The van der Waals surface area contributed by atoms with Gasteiger partial charge in [-0.3, -0.25) is 4.79 Å². The highest BCUT2D eigenvalue weighted by Gasteiger charge is 2.37. The second-order valence-electron chi connectivity index (χ2n) is 12.2. The van der Waals surface area contributed by atoms with Crippen molar-refractivity contribution in [3.8, 4) is 5.75 Å². The summed E-state index contributed by atoms with van der Waals surface area (Å²) < 4.78 is 8.26. The zero-order valence-corrected chi connectivity index (χ0v) is 22.6. The molecule has 2 N–H and O–H groups in total. The maximum Gasteiger partial charge on any atom is 0.250 e. The molecule has 0 amide bonds. The number of aromatic nitrogens is 1. The molecule has 2 aromatic rings. The van der Waals surface area contributed by atoms with Gasteiger partial charge >= 0.3 is 0 Å². The zero-order chi connectivity index (χ0) is 25.4. The zero-order valence-electron chi connectivity index (χ0n) is 22.6. The molecule has 4 rings (SSSR count). The van der Waals surface area contributed by atoms with Gasteiger partial charge in [-0.15, -0.1) is 0 Å². The van der Waals surface area contributed by atoms with Gasteiger partial charge in [0.2, 0.25) is 0 Å². The number of rotatable bonds is 9. The molecular formula is C30H45N2O3+. The molecule has 3 heterocycles. The van der Waals surface area contributed by atoms with Gasteiger partial charge in [-0.1, -0.05) is 59.7 Å². The normalized spacial score (nSPS) is 23.0. The summed E-state index contributed by atoms with van der Waals surface area (Å²) in [6.45, 7) is 17.3. The highest BCUT2D eigenvalue weighted by molar-refractivity contribution is 5.44. The minimum absolute atomic E-state index is 0.00115. The average Bonchev–Trinajstić information content (AvgIpc) is 2.83. The van der Waals surface area contributed by atoms with Gasteiger partial charge in [0.15, 0.2) is 0 Å². The lowest BCUT2D eigenvalue weighted by atomic mass is 9.76. The van der Waals surface area contributed by atoms with E-state index in [-0.39, 0.29) is 16.4 Å². The molecule has 0 radical (unpaired) electrons. The van der Waals surface area contributed by atoms with E-state index in [2.05, 4.69) is 65.8 Å². The van der Waals surface area contributed by atoms with Crippen LogP contribution in [0.25, 0.3) is 0 Å². The number of quaternary nitrogens is 1. The monoisotopic (exact) mass is 481 g/mol. The Morgan fingerprint density at radius 3 is 2.54 bits per heavy atom. The molecule has 4 atom stereocenters. The maximum absolute atomic E-state index is 12.3. The van der Waals surface area contributed by atoms with Gasteiger partial charge in [0, 0.05) is 35.7 Å². The first kappa shape index (κ1) is 26.0. The summed E-state index contributed by atoms with van der Waals surface area (Å²) in [5, 5.41) is 10.9. The van der Waals surface area contributed by atoms with Gasteiger partial charge < -0.3 is 19.3 Å². The van der Waals surface area contributed by atoms with E-state index >= 15 is 0 Å². The lowest BCUT2D eigenvalue weighted by Gasteiger charge is -2.40. The van der Waals surface area contributed by atoms with Gasteiger partial charge in [0.25, 0.3) is 5.56 Å². The highest BCUT2D eigenvalue weighted by atomic mass is 16.5. The second-order valence-corrected chi connectivity index (χ2v) is 12.2. The Morgan fingerprint density at radius 2 is 1.83 bits per heavy atom. The summed E-state index contributed by atoms with van der Waals surface area (Å²) in [6, 6.07) is 12.3. The number of likely N-dealkylation sites (tertiary alicyclic amines) is 1. The molecule has 35 heavy (non-hydrogen) atoms. The van der Waals surface area contributed by atoms with E-state index in [4.69, 9.17) is 4.74 Å². The van der Waals surface area contributed by atoms with Crippen LogP contribution in [0.3, 0.4) is 0 Å².